The van der Waals surface area contributed by atoms with E-state index < -0.39 is 26.0 Å². The number of aromatic amines is 1. The summed E-state index contributed by atoms with van der Waals surface area (Å²) in [5.41, 5.74) is 1.67. The van der Waals surface area contributed by atoms with E-state index in [0.717, 1.165) is 22.9 Å². The molecule has 0 atom stereocenters. The summed E-state index contributed by atoms with van der Waals surface area (Å²) in [6, 6.07) is 10.9. The van der Waals surface area contributed by atoms with Crippen molar-refractivity contribution in [2.24, 2.45) is 0 Å². The Kier molecular flexibility index (Phi) is 3.94. The maximum atomic E-state index is 12.6. The summed E-state index contributed by atoms with van der Waals surface area (Å²) in [6.45, 7) is 1.86. The molecule has 0 aliphatic carbocycles. The van der Waals surface area contributed by atoms with E-state index in [9.17, 15) is 18.3 Å². The van der Waals surface area contributed by atoms with Crippen molar-refractivity contribution in [3.63, 3.8) is 0 Å². The summed E-state index contributed by atoms with van der Waals surface area (Å²) in [7, 11) is -4.12. The van der Waals surface area contributed by atoms with Crippen LogP contribution in [0.4, 0.5) is 0 Å². The molecule has 122 valence electrons. The molecule has 0 spiro atoms. The van der Waals surface area contributed by atoms with Gasteiger partial charge in [0.2, 0.25) is 9.84 Å². The smallest absolute Gasteiger partial charge is 0.270 e. The van der Waals surface area contributed by atoms with Crippen LogP contribution in [0.25, 0.3) is 11.1 Å². The van der Waals surface area contributed by atoms with Gasteiger partial charge in [0.05, 0.1) is 4.90 Å². The molecule has 0 saturated heterocycles. The summed E-state index contributed by atoms with van der Waals surface area (Å²) < 4.78 is 25.2. The molecule has 0 unspecified atom stereocenters. The fraction of sp³-hybridized carbons (Fsp3) is 0.0588. The van der Waals surface area contributed by atoms with E-state index in [2.05, 4.69) is 9.97 Å². The number of nitrogens with zero attached hydrogens (tertiary/aromatic N) is 1. The predicted octanol–water partition coefficient (Wildman–Crippen LogP) is 2.28. The van der Waals surface area contributed by atoms with Gasteiger partial charge >= 0.3 is 0 Å². The molecular weight excluding hydrogens is 328 g/mol. The third-order valence-electron chi connectivity index (χ3n) is 3.65. The van der Waals surface area contributed by atoms with Crippen molar-refractivity contribution >= 4 is 9.84 Å². The van der Waals surface area contributed by atoms with Crippen LogP contribution in [0.15, 0.2) is 69.4 Å². The Hall–Kier alpha value is -2.93. The first kappa shape index (κ1) is 15.9. The van der Waals surface area contributed by atoms with E-state index in [-0.39, 0.29) is 4.90 Å². The maximum absolute atomic E-state index is 12.6. The van der Waals surface area contributed by atoms with E-state index in [1.165, 1.54) is 18.3 Å². The molecule has 6 nitrogen and oxygen atoms in total. The second-order valence-corrected chi connectivity index (χ2v) is 7.07. The van der Waals surface area contributed by atoms with Crippen molar-refractivity contribution in [2.75, 3.05) is 0 Å². The normalized spacial score (nSPS) is 11.4. The highest BCUT2D eigenvalue weighted by Crippen LogP contribution is 2.28. The number of pyridine rings is 2. The van der Waals surface area contributed by atoms with Gasteiger partial charge in [0.15, 0.2) is 4.90 Å². The Morgan fingerprint density at radius 3 is 2.42 bits per heavy atom. The molecule has 0 aliphatic rings. The molecule has 0 bridgehead atoms. The van der Waals surface area contributed by atoms with E-state index in [1.807, 2.05) is 13.0 Å². The molecular formula is C17H14N2O4S. The first-order valence-corrected chi connectivity index (χ1v) is 8.57. The van der Waals surface area contributed by atoms with E-state index in [4.69, 9.17) is 0 Å². The zero-order valence-corrected chi connectivity index (χ0v) is 13.5. The molecule has 7 heteroatoms. The lowest BCUT2D eigenvalue weighted by molar-refractivity contribution is 0.455. The standard InChI is InChI=1S/C17H14N2O4S/c1-11-14(3-2-9-18-11)12-4-6-13(7-5-12)24(22,23)16-15(20)8-10-19-17(16)21/h2-10H,1H3,(H2,19,20,21). The number of hydrogen-bond donors (Lipinski definition) is 2. The summed E-state index contributed by atoms with van der Waals surface area (Å²) >= 11 is 0. The Bertz CT molecular complexity index is 1050. The minimum absolute atomic E-state index is 0.0696. The number of aromatic nitrogens is 2. The fourth-order valence-corrected chi connectivity index (χ4v) is 3.81. The highest BCUT2D eigenvalue weighted by atomic mass is 32.2. The molecule has 0 amide bonds. The molecule has 2 heterocycles. The van der Waals surface area contributed by atoms with Crippen LogP contribution in [0.3, 0.4) is 0 Å². The molecule has 0 saturated carbocycles. The summed E-state index contributed by atoms with van der Waals surface area (Å²) in [5, 5.41) is 9.75. The van der Waals surface area contributed by atoms with E-state index >= 15 is 0 Å². The molecule has 24 heavy (non-hydrogen) atoms. The second kappa shape index (κ2) is 5.93. The van der Waals surface area contributed by atoms with Crippen molar-refractivity contribution in [3.05, 3.63) is 70.9 Å². The minimum Gasteiger partial charge on any atom is -0.506 e. The van der Waals surface area contributed by atoms with Crippen LogP contribution >= 0.6 is 0 Å². The molecule has 0 fully saturated rings. The summed E-state index contributed by atoms with van der Waals surface area (Å²) in [6.07, 6.45) is 2.87. The van der Waals surface area contributed by atoms with Crippen molar-refractivity contribution in [1.29, 1.82) is 0 Å². The molecule has 1 aromatic carbocycles. The zero-order chi connectivity index (χ0) is 17.3. The highest BCUT2D eigenvalue weighted by molar-refractivity contribution is 7.91. The summed E-state index contributed by atoms with van der Waals surface area (Å²) in [5.74, 6) is -0.578. The third-order valence-corrected chi connectivity index (χ3v) is 5.47. The van der Waals surface area contributed by atoms with Crippen molar-refractivity contribution < 1.29 is 13.5 Å². The van der Waals surface area contributed by atoms with Crippen LogP contribution in [-0.4, -0.2) is 23.5 Å². The van der Waals surface area contributed by atoms with Gasteiger partial charge in [-0.1, -0.05) is 18.2 Å². The lowest BCUT2D eigenvalue weighted by atomic mass is 10.1. The number of H-pyrrole nitrogens is 1. The lowest BCUT2D eigenvalue weighted by Crippen LogP contribution is -2.17. The topological polar surface area (TPSA) is 100 Å². The molecule has 2 aromatic heterocycles. The van der Waals surface area contributed by atoms with E-state index in [1.54, 1.807) is 24.4 Å². The Morgan fingerprint density at radius 2 is 1.79 bits per heavy atom. The first-order valence-electron chi connectivity index (χ1n) is 7.09. The number of sulfone groups is 1. The van der Waals surface area contributed by atoms with Gasteiger partial charge in [-0.2, -0.15) is 0 Å². The van der Waals surface area contributed by atoms with Crippen molar-refractivity contribution in [2.45, 2.75) is 16.7 Å². The Balaban J connectivity index is 2.08. The maximum Gasteiger partial charge on any atom is 0.270 e. The van der Waals surface area contributed by atoms with Gasteiger partial charge in [0.1, 0.15) is 5.75 Å². The van der Waals surface area contributed by atoms with Gasteiger partial charge in [0.25, 0.3) is 5.56 Å². The number of aromatic hydroxyl groups is 1. The molecule has 0 radical (unpaired) electrons. The fourth-order valence-electron chi connectivity index (χ4n) is 2.43. The van der Waals surface area contributed by atoms with Crippen molar-refractivity contribution in [3.8, 4) is 16.9 Å². The largest absolute Gasteiger partial charge is 0.506 e. The number of rotatable bonds is 3. The van der Waals surface area contributed by atoms with Gasteiger partial charge in [0, 0.05) is 23.7 Å². The van der Waals surface area contributed by atoms with Crippen LogP contribution in [-0.2, 0) is 9.84 Å². The number of nitrogens with one attached hydrogen (secondary N) is 1. The van der Waals surface area contributed by atoms with Gasteiger partial charge in [-0.15, -0.1) is 0 Å². The van der Waals surface area contributed by atoms with Crippen LogP contribution in [0.1, 0.15) is 5.69 Å². The Morgan fingerprint density at radius 1 is 1.08 bits per heavy atom. The molecule has 2 N–H and O–H groups in total. The highest BCUT2D eigenvalue weighted by Gasteiger charge is 2.25. The van der Waals surface area contributed by atoms with Crippen molar-refractivity contribution in [1.82, 2.24) is 9.97 Å². The Labute approximate surface area is 138 Å². The van der Waals surface area contributed by atoms with Gasteiger partial charge < -0.3 is 10.1 Å². The third kappa shape index (κ3) is 2.69. The average Bonchev–Trinajstić information content (AvgIpc) is 2.55. The molecule has 0 aliphatic heterocycles. The zero-order valence-electron chi connectivity index (χ0n) is 12.7. The minimum atomic E-state index is -4.12. The van der Waals surface area contributed by atoms with Gasteiger partial charge in [-0.05, 0) is 36.8 Å². The number of hydrogen-bond acceptors (Lipinski definition) is 5. The van der Waals surface area contributed by atoms with E-state index in [0.29, 0.717) is 0 Å². The first-order chi connectivity index (χ1) is 11.4. The molecule has 3 rings (SSSR count). The van der Waals surface area contributed by atoms with Crippen LogP contribution in [0.5, 0.6) is 5.75 Å². The predicted molar refractivity (Wildman–Crippen MR) is 88.6 cm³/mol. The lowest BCUT2D eigenvalue weighted by Gasteiger charge is -2.08. The quantitative estimate of drug-likeness (QED) is 0.760. The monoisotopic (exact) mass is 342 g/mol. The van der Waals surface area contributed by atoms with Crippen LogP contribution < -0.4 is 5.56 Å². The second-order valence-electron chi connectivity index (χ2n) is 5.19. The number of benzene rings is 1. The summed E-state index contributed by atoms with van der Waals surface area (Å²) in [4.78, 5) is 17.5. The molecule has 3 aromatic rings. The van der Waals surface area contributed by atoms with Gasteiger partial charge in [-0.3, -0.25) is 9.78 Å². The van der Waals surface area contributed by atoms with Crippen LogP contribution in [0.2, 0.25) is 0 Å². The average molecular weight is 342 g/mol. The number of aryl methyl sites for hydroxylation is 1. The SMILES string of the molecule is Cc1ncccc1-c1ccc(S(=O)(=O)c2c(O)cc[nH]c2=O)cc1. The van der Waals surface area contributed by atoms with Crippen LogP contribution in [0, 0.1) is 6.92 Å². The van der Waals surface area contributed by atoms with Gasteiger partial charge in [-0.25, -0.2) is 8.42 Å².